The smallest absolute Gasteiger partial charge is 0.368 e. The zero-order chi connectivity index (χ0) is 30.4. The van der Waals surface area contributed by atoms with Crippen molar-refractivity contribution < 1.29 is 36.0 Å². The van der Waals surface area contributed by atoms with Gasteiger partial charge in [-0.05, 0) is 38.1 Å². The Kier molecular flexibility index (Phi) is 8.31. The summed E-state index contributed by atoms with van der Waals surface area (Å²) in [6.07, 6.45) is -6.80. The maximum absolute atomic E-state index is 14.4. The zero-order valence-corrected chi connectivity index (χ0v) is 23.0. The summed E-state index contributed by atoms with van der Waals surface area (Å²) in [5, 5.41) is 0.427. The predicted octanol–water partition coefficient (Wildman–Crippen LogP) is 4.19. The van der Waals surface area contributed by atoms with Gasteiger partial charge in [0.25, 0.3) is 0 Å². The van der Waals surface area contributed by atoms with E-state index in [1.165, 1.54) is 49.4 Å². The monoisotopic (exact) mass is 601 g/mol. The molecule has 1 aliphatic carbocycles. The highest BCUT2D eigenvalue weighted by molar-refractivity contribution is 5.82. The number of nitrogens with zero attached hydrogens (tertiary/aromatic N) is 5. The molecular weight excluding hydrogens is 568 g/mol. The number of piperazine rings is 1. The highest BCUT2D eigenvalue weighted by atomic mass is 19.4. The lowest BCUT2D eigenvalue weighted by atomic mass is 9.93. The Morgan fingerprint density at radius 1 is 0.952 bits per heavy atom. The van der Waals surface area contributed by atoms with Crippen molar-refractivity contribution in [2.45, 2.75) is 63.0 Å². The van der Waals surface area contributed by atoms with Crippen LogP contribution in [0.1, 0.15) is 49.4 Å². The molecule has 2 unspecified atom stereocenters. The van der Waals surface area contributed by atoms with Crippen LogP contribution in [0.3, 0.4) is 0 Å². The van der Waals surface area contributed by atoms with E-state index in [0.717, 1.165) is 18.9 Å². The van der Waals surface area contributed by atoms with Crippen LogP contribution >= 0.6 is 0 Å². The first-order valence-electron chi connectivity index (χ1n) is 13.8. The second-order valence-corrected chi connectivity index (χ2v) is 10.8. The number of hydrogen-bond acceptors (Lipinski definition) is 9. The Labute approximate surface area is 238 Å². The maximum atomic E-state index is 14.4. The van der Waals surface area contributed by atoms with Crippen LogP contribution in [0.2, 0.25) is 0 Å². The molecule has 3 aliphatic rings. The van der Waals surface area contributed by atoms with Gasteiger partial charge in [-0.25, -0.2) is 9.78 Å². The molecule has 5 rings (SSSR count). The molecular formula is C27H33F6N7O2. The van der Waals surface area contributed by atoms with E-state index in [2.05, 4.69) is 14.7 Å². The van der Waals surface area contributed by atoms with Crippen LogP contribution in [0.15, 0.2) is 30.3 Å². The lowest BCUT2D eigenvalue weighted by Gasteiger charge is -2.43. The second-order valence-electron chi connectivity index (χ2n) is 10.8. The third kappa shape index (κ3) is 5.87. The van der Waals surface area contributed by atoms with Gasteiger partial charge in [0.05, 0.1) is 17.4 Å². The topological polar surface area (TPSA) is 104 Å². The Morgan fingerprint density at radius 3 is 2.24 bits per heavy atom. The molecule has 15 heteroatoms. The van der Waals surface area contributed by atoms with E-state index in [1.807, 2.05) is 4.90 Å². The molecule has 9 nitrogen and oxygen atoms in total. The SMILES string of the molecule is CN1C(N)c2ccc(-c3c(N4CCN(C5CCCCC5)CC4)cccc3C(F)(F)F)nc2N(OC(=O)C(F)(F)F)C1N. The van der Waals surface area contributed by atoms with Crippen molar-refractivity contribution >= 4 is 17.5 Å². The van der Waals surface area contributed by atoms with Gasteiger partial charge in [-0.15, -0.1) is 0 Å². The van der Waals surface area contributed by atoms with Crippen molar-refractivity contribution in [1.82, 2.24) is 14.8 Å². The second kappa shape index (κ2) is 11.5. The average molecular weight is 602 g/mol. The van der Waals surface area contributed by atoms with Crippen molar-refractivity contribution in [3.8, 4) is 11.3 Å². The molecule has 2 aliphatic heterocycles. The predicted molar refractivity (Wildman–Crippen MR) is 143 cm³/mol. The normalized spacial score (nSPS) is 23.2. The zero-order valence-electron chi connectivity index (χ0n) is 23.0. The third-order valence-electron chi connectivity index (χ3n) is 8.29. The molecule has 1 saturated carbocycles. The van der Waals surface area contributed by atoms with Crippen LogP contribution in [0.25, 0.3) is 11.3 Å². The van der Waals surface area contributed by atoms with Gasteiger partial charge >= 0.3 is 18.3 Å². The largest absolute Gasteiger partial charge is 0.493 e. The number of alkyl halides is 6. The van der Waals surface area contributed by atoms with E-state index < -0.39 is 36.3 Å². The Bertz CT molecular complexity index is 1290. The number of fused-ring (bicyclic) bond motifs is 1. The molecule has 0 bridgehead atoms. The summed E-state index contributed by atoms with van der Waals surface area (Å²) in [5.41, 5.74) is 11.3. The number of hydroxylamine groups is 1. The van der Waals surface area contributed by atoms with E-state index in [4.69, 9.17) is 11.5 Å². The van der Waals surface area contributed by atoms with Gasteiger partial charge in [0.1, 0.15) is 0 Å². The molecule has 42 heavy (non-hydrogen) atoms. The van der Waals surface area contributed by atoms with Gasteiger partial charge in [0, 0.05) is 49.0 Å². The van der Waals surface area contributed by atoms with Crippen molar-refractivity contribution in [3.05, 3.63) is 41.5 Å². The molecule has 0 radical (unpaired) electrons. The van der Waals surface area contributed by atoms with Crippen molar-refractivity contribution in [2.24, 2.45) is 11.5 Å². The fourth-order valence-corrected chi connectivity index (χ4v) is 6.00. The summed E-state index contributed by atoms with van der Waals surface area (Å²) >= 11 is 0. The van der Waals surface area contributed by atoms with E-state index in [9.17, 15) is 31.1 Å². The van der Waals surface area contributed by atoms with Gasteiger partial charge in [0.15, 0.2) is 12.1 Å². The standard InChI is InChI=1S/C27H33F6N7O2/c1-37-22(34)17-10-11-19(36-23(17)40(25(37)35)42-24(41)27(31,32)33)21-18(26(28,29)30)8-5-9-20(21)39-14-12-38(13-15-39)16-6-3-2-4-7-16/h5,8-11,16,22,25H,2-4,6-7,12-15,34-35H2,1H3. The Morgan fingerprint density at radius 2 is 1.62 bits per heavy atom. The number of aromatic nitrogens is 1. The summed E-state index contributed by atoms with van der Waals surface area (Å²) in [7, 11) is 1.39. The molecule has 1 aromatic heterocycles. The molecule has 2 atom stereocenters. The molecule has 2 aromatic rings. The molecule has 0 amide bonds. The van der Waals surface area contributed by atoms with E-state index in [1.54, 1.807) is 6.07 Å². The van der Waals surface area contributed by atoms with Gasteiger partial charge in [-0.3, -0.25) is 15.5 Å². The maximum Gasteiger partial charge on any atom is 0.493 e. The number of carbonyl (C=O) groups excluding carboxylic acids is 1. The molecule has 1 saturated heterocycles. The van der Waals surface area contributed by atoms with Gasteiger partial charge in [0.2, 0.25) is 0 Å². The molecule has 4 N–H and O–H groups in total. The van der Waals surface area contributed by atoms with Crippen molar-refractivity contribution in [3.63, 3.8) is 0 Å². The van der Waals surface area contributed by atoms with Crippen LogP contribution in [-0.2, 0) is 15.8 Å². The van der Waals surface area contributed by atoms with Crippen LogP contribution in [0, 0.1) is 0 Å². The first-order chi connectivity index (χ1) is 19.8. The minimum atomic E-state index is -5.36. The first-order valence-corrected chi connectivity index (χ1v) is 13.8. The summed E-state index contributed by atoms with van der Waals surface area (Å²) in [6.45, 7) is 2.36. The van der Waals surface area contributed by atoms with E-state index >= 15 is 0 Å². The molecule has 2 fully saturated rings. The number of rotatable bonds is 4. The average Bonchev–Trinajstić information content (AvgIpc) is 2.97. The fraction of sp³-hybridized carbons (Fsp3) is 0.556. The minimum Gasteiger partial charge on any atom is -0.368 e. The number of nitrogens with two attached hydrogens (primary N) is 2. The number of anilines is 2. The van der Waals surface area contributed by atoms with Crippen molar-refractivity contribution in [2.75, 3.05) is 43.2 Å². The third-order valence-corrected chi connectivity index (χ3v) is 8.29. The minimum absolute atomic E-state index is 0.116. The van der Waals surface area contributed by atoms with Crippen molar-refractivity contribution in [1.29, 1.82) is 0 Å². The summed E-state index contributed by atoms with van der Waals surface area (Å²) in [5.74, 6) is -2.94. The number of pyridine rings is 1. The van der Waals surface area contributed by atoms with Crippen LogP contribution in [0.5, 0.6) is 0 Å². The van der Waals surface area contributed by atoms with E-state index in [0.29, 0.717) is 43.0 Å². The highest BCUT2D eigenvalue weighted by Crippen LogP contribution is 2.44. The summed E-state index contributed by atoms with van der Waals surface area (Å²) in [4.78, 5) is 26.1. The first kappa shape index (κ1) is 30.3. The lowest BCUT2D eigenvalue weighted by molar-refractivity contribution is -0.204. The van der Waals surface area contributed by atoms with E-state index in [-0.39, 0.29) is 22.6 Å². The fourth-order valence-electron chi connectivity index (χ4n) is 6.00. The van der Waals surface area contributed by atoms with Gasteiger partial charge < -0.3 is 15.5 Å². The van der Waals surface area contributed by atoms with Crippen LogP contribution in [-0.4, -0.2) is 72.5 Å². The quantitative estimate of drug-likeness (QED) is 0.500. The molecule has 0 spiro atoms. The number of carbonyl (C=O) groups is 1. The summed E-state index contributed by atoms with van der Waals surface area (Å²) < 4.78 is 82.4. The summed E-state index contributed by atoms with van der Waals surface area (Å²) in [6, 6.07) is 7.00. The number of halogens is 6. The van der Waals surface area contributed by atoms with Crippen LogP contribution in [0.4, 0.5) is 37.8 Å². The van der Waals surface area contributed by atoms with Gasteiger partial charge in [-0.1, -0.05) is 31.4 Å². The van der Waals surface area contributed by atoms with Crippen LogP contribution < -0.4 is 21.4 Å². The molecule has 230 valence electrons. The Hall–Kier alpha value is -3.14. The number of benzene rings is 1. The Balaban J connectivity index is 1.55. The lowest BCUT2D eigenvalue weighted by Crippen LogP contribution is -2.60. The molecule has 1 aromatic carbocycles. The molecule has 3 heterocycles. The highest BCUT2D eigenvalue weighted by Gasteiger charge is 2.46. The van der Waals surface area contributed by atoms with Gasteiger partial charge in [-0.2, -0.15) is 31.4 Å². The number of hydrogen-bond donors (Lipinski definition) is 2.